The van der Waals surface area contributed by atoms with E-state index in [9.17, 15) is 0 Å². The van der Waals surface area contributed by atoms with E-state index >= 15 is 0 Å². The molecule has 96 valence electrons. The summed E-state index contributed by atoms with van der Waals surface area (Å²) < 4.78 is 1.18. The highest BCUT2D eigenvalue weighted by Crippen LogP contribution is 2.35. The molecule has 2 heterocycles. The lowest BCUT2D eigenvalue weighted by Gasteiger charge is -2.30. The van der Waals surface area contributed by atoms with Crippen molar-refractivity contribution in [1.82, 2.24) is 4.90 Å². The summed E-state index contributed by atoms with van der Waals surface area (Å²) in [5, 5.41) is 2.15. The topological polar surface area (TPSA) is 29.3 Å². The van der Waals surface area contributed by atoms with Gasteiger partial charge in [-0.2, -0.15) is 0 Å². The van der Waals surface area contributed by atoms with Crippen LogP contribution in [0.3, 0.4) is 0 Å². The van der Waals surface area contributed by atoms with E-state index in [-0.39, 0.29) is 6.04 Å². The van der Waals surface area contributed by atoms with Crippen molar-refractivity contribution in [2.75, 3.05) is 13.1 Å². The van der Waals surface area contributed by atoms with Crippen LogP contribution in [0.2, 0.25) is 0 Å². The van der Waals surface area contributed by atoms with Gasteiger partial charge >= 0.3 is 0 Å². The van der Waals surface area contributed by atoms with Gasteiger partial charge < -0.3 is 5.73 Å². The van der Waals surface area contributed by atoms with Crippen molar-refractivity contribution in [3.05, 3.63) is 20.8 Å². The number of nitrogens with two attached hydrogens (primary N) is 1. The summed E-state index contributed by atoms with van der Waals surface area (Å²) in [5.41, 5.74) is 6.19. The first kappa shape index (κ1) is 13.5. The second-order valence-electron chi connectivity index (χ2n) is 5.03. The summed E-state index contributed by atoms with van der Waals surface area (Å²) in [5.74, 6) is 0.861. The summed E-state index contributed by atoms with van der Waals surface area (Å²) in [6, 6.07) is 2.80. The normalized spacial score (nSPS) is 25.1. The number of thiophene rings is 1. The molecule has 0 aromatic carbocycles. The predicted molar refractivity (Wildman–Crippen MR) is 78.4 cm³/mol. The summed E-state index contributed by atoms with van der Waals surface area (Å²) in [6.45, 7) is 6.81. The van der Waals surface area contributed by atoms with Gasteiger partial charge in [0.25, 0.3) is 0 Å². The van der Waals surface area contributed by atoms with Gasteiger partial charge in [0.1, 0.15) is 0 Å². The van der Waals surface area contributed by atoms with E-state index in [1.807, 2.05) is 11.3 Å². The minimum atomic E-state index is 0.191. The molecule has 1 aliphatic heterocycles. The molecule has 0 amide bonds. The third kappa shape index (κ3) is 3.11. The van der Waals surface area contributed by atoms with E-state index in [2.05, 4.69) is 46.1 Å². The molecule has 1 saturated heterocycles. The van der Waals surface area contributed by atoms with E-state index in [1.165, 1.54) is 35.3 Å². The molecule has 2 N–H and O–H groups in total. The van der Waals surface area contributed by atoms with Crippen LogP contribution in [0.5, 0.6) is 0 Å². The molecule has 0 radical (unpaired) electrons. The molecular formula is C13H21BrN2S. The van der Waals surface area contributed by atoms with Crippen LogP contribution in [0.1, 0.15) is 37.6 Å². The van der Waals surface area contributed by atoms with Gasteiger partial charge in [0.2, 0.25) is 0 Å². The van der Waals surface area contributed by atoms with Crippen LogP contribution < -0.4 is 5.73 Å². The molecule has 0 spiro atoms. The molecule has 1 fully saturated rings. The maximum atomic E-state index is 6.19. The maximum Gasteiger partial charge on any atom is 0.0591 e. The average molecular weight is 317 g/mol. The van der Waals surface area contributed by atoms with Crippen LogP contribution >= 0.6 is 27.3 Å². The molecule has 1 aliphatic rings. The monoisotopic (exact) mass is 316 g/mol. The summed E-state index contributed by atoms with van der Waals surface area (Å²) in [7, 11) is 0. The Morgan fingerprint density at radius 3 is 2.88 bits per heavy atom. The van der Waals surface area contributed by atoms with E-state index in [0.717, 1.165) is 5.92 Å². The molecule has 1 aromatic rings. The first-order chi connectivity index (χ1) is 8.11. The SMILES string of the molecule is CCC1CCN(C(c2cc(Br)cs2)C(C)N)C1. The Morgan fingerprint density at radius 2 is 2.41 bits per heavy atom. The van der Waals surface area contributed by atoms with Crippen LogP contribution in [0.15, 0.2) is 15.9 Å². The average Bonchev–Trinajstić information content (AvgIpc) is 2.88. The zero-order valence-electron chi connectivity index (χ0n) is 10.5. The van der Waals surface area contributed by atoms with Crippen molar-refractivity contribution in [3.8, 4) is 0 Å². The van der Waals surface area contributed by atoms with Gasteiger partial charge in [-0.25, -0.2) is 0 Å². The Hall–Kier alpha value is 0.1000. The fraction of sp³-hybridized carbons (Fsp3) is 0.692. The lowest BCUT2D eigenvalue weighted by atomic mass is 10.1. The highest BCUT2D eigenvalue weighted by atomic mass is 79.9. The van der Waals surface area contributed by atoms with Gasteiger partial charge in [-0.3, -0.25) is 4.90 Å². The number of rotatable bonds is 4. The Kier molecular flexibility index (Phi) is 4.64. The highest BCUT2D eigenvalue weighted by molar-refractivity contribution is 9.10. The van der Waals surface area contributed by atoms with Crippen molar-refractivity contribution in [2.45, 2.75) is 38.8 Å². The van der Waals surface area contributed by atoms with E-state index in [1.54, 1.807) is 0 Å². The lowest BCUT2D eigenvalue weighted by molar-refractivity contribution is 0.214. The number of hydrogen-bond donors (Lipinski definition) is 1. The summed E-state index contributed by atoms with van der Waals surface area (Å²) in [4.78, 5) is 3.96. The number of hydrogen-bond acceptors (Lipinski definition) is 3. The summed E-state index contributed by atoms with van der Waals surface area (Å²) in [6.07, 6.45) is 2.61. The number of likely N-dealkylation sites (tertiary alicyclic amines) is 1. The fourth-order valence-corrected chi connectivity index (χ4v) is 4.40. The second kappa shape index (κ2) is 5.83. The molecule has 1 aromatic heterocycles. The fourth-order valence-electron chi connectivity index (χ4n) is 2.70. The van der Waals surface area contributed by atoms with E-state index in [0.29, 0.717) is 6.04 Å². The van der Waals surface area contributed by atoms with Crippen molar-refractivity contribution in [3.63, 3.8) is 0 Å². The first-order valence-corrected chi connectivity index (χ1v) is 8.02. The van der Waals surface area contributed by atoms with Gasteiger partial charge in [0.15, 0.2) is 0 Å². The second-order valence-corrected chi connectivity index (χ2v) is 6.89. The van der Waals surface area contributed by atoms with Crippen LogP contribution in [0.4, 0.5) is 0 Å². The van der Waals surface area contributed by atoms with Crippen LogP contribution in [0.25, 0.3) is 0 Å². The molecule has 0 saturated carbocycles. The van der Waals surface area contributed by atoms with E-state index < -0.39 is 0 Å². The first-order valence-electron chi connectivity index (χ1n) is 6.35. The minimum absolute atomic E-state index is 0.191. The summed E-state index contributed by atoms with van der Waals surface area (Å²) >= 11 is 5.35. The third-order valence-electron chi connectivity index (χ3n) is 3.67. The zero-order valence-corrected chi connectivity index (χ0v) is 12.9. The molecule has 2 rings (SSSR count). The van der Waals surface area contributed by atoms with Crippen molar-refractivity contribution in [1.29, 1.82) is 0 Å². The number of halogens is 1. The van der Waals surface area contributed by atoms with Gasteiger partial charge in [-0.05, 0) is 47.8 Å². The zero-order chi connectivity index (χ0) is 12.4. The lowest BCUT2D eigenvalue weighted by Crippen LogP contribution is -2.37. The van der Waals surface area contributed by atoms with E-state index in [4.69, 9.17) is 5.73 Å². The molecule has 3 atom stereocenters. The molecular weight excluding hydrogens is 296 g/mol. The Morgan fingerprint density at radius 1 is 1.65 bits per heavy atom. The van der Waals surface area contributed by atoms with Crippen LogP contribution in [-0.4, -0.2) is 24.0 Å². The molecule has 0 aliphatic carbocycles. The van der Waals surface area contributed by atoms with Crippen molar-refractivity contribution < 1.29 is 0 Å². The standard InChI is InChI=1S/C13H21BrN2S/c1-3-10-4-5-16(7-10)13(9(2)15)12-6-11(14)8-17-12/h6,8-10,13H,3-5,7,15H2,1-2H3. The van der Waals surface area contributed by atoms with Gasteiger partial charge in [-0.1, -0.05) is 13.3 Å². The Labute approximate surface area is 116 Å². The van der Waals surface area contributed by atoms with Crippen LogP contribution in [0, 0.1) is 5.92 Å². The van der Waals surface area contributed by atoms with Gasteiger partial charge in [0, 0.05) is 27.3 Å². The quantitative estimate of drug-likeness (QED) is 0.919. The maximum absolute atomic E-state index is 6.19. The minimum Gasteiger partial charge on any atom is -0.326 e. The predicted octanol–water partition coefficient (Wildman–Crippen LogP) is 3.63. The van der Waals surface area contributed by atoms with Gasteiger partial charge in [-0.15, -0.1) is 11.3 Å². The molecule has 3 unspecified atom stereocenters. The highest BCUT2D eigenvalue weighted by Gasteiger charge is 2.31. The smallest absolute Gasteiger partial charge is 0.0591 e. The molecule has 0 bridgehead atoms. The molecule has 4 heteroatoms. The van der Waals surface area contributed by atoms with Crippen LogP contribution in [-0.2, 0) is 0 Å². The Bertz CT molecular complexity index is 364. The van der Waals surface area contributed by atoms with Crippen molar-refractivity contribution in [2.24, 2.45) is 11.7 Å². The number of nitrogens with zero attached hydrogens (tertiary/aromatic N) is 1. The third-order valence-corrected chi connectivity index (χ3v) is 5.43. The molecule has 17 heavy (non-hydrogen) atoms. The molecule has 2 nitrogen and oxygen atoms in total. The Balaban J connectivity index is 2.13. The largest absolute Gasteiger partial charge is 0.326 e. The van der Waals surface area contributed by atoms with Crippen molar-refractivity contribution >= 4 is 27.3 Å². The van der Waals surface area contributed by atoms with Gasteiger partial charge in [0.05, 0.1) is 6.04 Å².